The zero-order valence-corrected chi connectivity index (χ0v) is 14.2. The number of nitrogens with zero attached hydrogens (tertiary/aromatic N) is 4. The predicted octanol–water partition coefficient (Wildman–Crippen LogP) is 2.26. The highest BCUT2D eigenvalue weighted by atomic mass is 19.1. The molecule has 1 amide bonds. The molecule has 2 heterocycles. The summed E-state index contributed by atoms with van der Waals surface area (Å²) in [6, 6.07) is 9.25. The summed E-state index contributed by atoms with van der Waals surface area (Å²) in [5.41, 5.74) is 0.663. The molecule has 1 unspecified atom stereocenters. The lowest BCUT2D eigenvalue weighted by atomic mass is 10.1. The second kappa shape index (κ2) is 7.31. The third-order valence-corrected chi connectivity index (χ3v) is 4.44. The van der Waals surface area contributed by atoms with Crippen molar-refractivity contribution in [1.82, 2.24) is 9.88 Å². The first-order valence-corrected chi connectivity index (χ1v) is 8.20. The molecule has 3 rings (SSSR count). The van der Waals surface area contributed by atoms with Crippen molar-refractivity contribution in [3.05, 3.63) is 59.0 Å². The van der Waals surface area contributed by atoms with Gasteiger partial charge in [-0.3, -0.25) is 9.59 Å². The van der Waals surface area contributed by atoms with Gasteiger partial charge in [-0.25, -0.2) is 9.37 Å². The average Bonchev–Trinajstić information content (AvgIpc) is 2.68. The zero-order chi connectivity index (χ0) is 18.7. The van der Waals surface area contributed by atoms with Crippen LogP contribution in [0.2, 0.25) is 0 Å². The van der Waals surface area contributed by atoms with Gasteiger partial charge in [-0.2, -0.15) is 5.26 Å². The van der Waals surface area contributed by atoms with Gasteiger partial charge in [0.15, 0.2) is 0 Å². The van der Waals surface area contributed by atoms with Gasteiger partial charge in [0.1, 0.15) is 24.0 Å². The summed E-state index contributed by atoms with van der Waals surface area (Å²) in [6.45, 7) is 3.32. The van der Waals surface area contributed by atoms with Crippen LogP contribution in [0.4, 0.5) is 10.2 Å². The van der Waals surface area contributed by atoms with Gasteiger partial charge in [-0.15, -0.1) is 0 Å². The Morgan fingerprint density at radius 1 is 1.35 bits per heavy atom. The van der Waals surface area contributed by atoms with E-state index in [-0.39, 0.29) is 17.2 Å². The van der Waals surface area contributed by atoms with Crippen LogP contribution >= 0.6 is 0 Å². The Labute approximate surface area is 150 Å². The van der Waals surface area contributed by atoms with Crippen molar-refractivity contribution in [1.29, 1.82) is 5.26 Å². The summed E-state index contributed by atoms with van der Waals surface area (Å²) in [6.07, 6.45) is 2.10. The average molecular weight is 352 g/mol. The van der Waals surface area contributed by atoms with Gasteiger partial charge in [0, 0.05) is 37.4 Å². The first-order chi connectivity index (χ1) is 12.5. The number of halogens is 1. The lowest BCUT2D eigenvalue weighted by Crippen LogP contribution is -2.54. The fourth-order valence-electron chi connectivity index (χ4n) is 3.05. The lowest BCUT2D eigenvalue weighted by molar-refractivity contribution is 0.0721. The SMILES string of the molecule is CC1CN(C(=O)c2cc(C=O)ccc2F)CCN1c1ccc(C#N)cn1. The van der Waals surface area contributed by atoms with E-state index in [4.69, 9.17) is 5.26 Å². The Morgan fingerprint density at radius 2 is 2.15 bits per heavy atom. The van der Waals surface area contributed by atoms with Gasteiger partial charge < -0.3 is 9.80 Å². The highest BCUT2D eigenvalue weighted by Gasteiger charge is 2.29. The normalized spacial score (nSPS) is 16.9. The van der Waals surface area contributed by atoms with Gasteiger partial charge >= 0.3 is 0 Å². The molecule has 1 saturated heterocycles. The number of nitriles is 1. The number of pyridine rings is 1. The molecular formula is C19H17FN4O2. The number of aldehydes is 1. The molecule has 0 saturated carbocycles. The Hall–Kier alpha value is -3.27. The Bertz CT molecular complexity index is 876. The van der Waals surface area contributed by atoms with Crippen molar-refractivity contribution < 1.29 is 14.0 Å². The lowest BCUT2D eigenvalue weighted by Gasteiger charge is -2.40. The van der Waals surface area contributed by atoms with E-state index in [9.17, 15) is 14.0 Å². The van der Waals surface area contributed by atoms with Crippen molar-refractivity contribution in [2.75, 3.05) is 24.5 Å². The van der Waals surface area contributed by atoms with Gasteiger partial charge in [-0.05, 0) is 37.3 Å². The van der Waals surface area contributed by atoms with E-state index in [0.717, 1.165) is 11.9 Å². The molecule has 0 aliphatic carbocycles. The summed E-state index contributed by atoms with van der Waals surface area (Å²) in [7, 11) is 0. The molecule has 1 aromatic carbocycles. The molecule has 0 bridgehead atoms. The molecule has 1 aliphatic heterocycles. The number of aromatic nitrogens is 1. The standard InChI is InChI=1S/C19H17FN4O2/c1-13-11-23(19(26)16-8-14(12-25)2-4-17(16)20)6-7-24(13)18-5-3-15(9-21)10-22-18/h2-5,8,10,12-13H,6-7,11H2,1H3. The fourth-order valence-corrected chi connectivity index (χ4v) is 3.05. The third kappa shape index (κ3) is 3.40. The maximum atomic E-state index is 14.0. The maximum absolute atomic E-state index is 14.0. The molecular weight excluding hydrogens is 335 g/mol. The van der Waals surface area contributed by atoms with Crippen molar-refractivity contribution in [2.45, 2.75) is 13.0 Å². The molecule has 1 atom stereocenters. The zero-order valence-electron chi connectivity index (χ0n) is 14.2. The van der Waals surface area contributed by atoms with Crippen molar-refractivity contribution in [3.8, 4) is 6.07 Å². The third-order valence-electron chi connectivity index (χ3n) is 4.44. The van der Waals surface area contributed by atoms with Crippen LogP contribution in [0.5, 0.6) is 0 Å². The van der Waals surface area contributed by atoms with Crippen LogP contribution < -0.4 is 4.90 Å². The van der Waals surface area contributed by atoms with Crippen LogP contribution in [-0.2, 0) is 0 Å². The topological polar surface area (TPSA) is 77.3 Å². The molecule has 0 radical (unpaired) electrons. The molecule has 1 aliphatic rings. The Kier molecular flexibility index (Phi) is 4.94. The van der Waals surface area contributed by atoms with Crippen molar-refractivity contribution >= 4 is 18.0 Å². The minimum atomic E-state index is -0.635. The molecule has 7 heteroatoms. The van der Waals surface area contributed by atoms with Crippen molar-refractivity contribution in [3.63, 3.8) is 0 Å². The van der Waals surface area contributed by atoms with Gasteiger partial charge in [0.05, 0.1) is 11.1 Å². The fraction of sp³-hybridized carbons (Fsp3) is 0.263. The first-order valence-electron chi connectivity index (χ1n) is 8.20. The van der Waals surface area contributed by atoms with Crippen LogP contribution in [0.3, 0.4) is 0 Å². The number of benzene rings is 1. The maximum Gasteiger partial charge on any atom is 0.256 e. The number of hydrogen-bond donors (Lipinski definition) is 0. The first kappa shape index (κ1) is 17.5. The number of carbonyl (C=O) groups is 2. The van der Waals surface area contributed by atoms with E-state index >= 15 is 0 Å². The van der Waals surface area contributed by atoms with Gasteiger partial charge in [0.2, 0.25) is 0 Å². The van der Waals surface area contributed by atoms with E-state index in [1.165, 1.54) is 18.3 Å². The minimum Gasteiger partial charge on any atom is -0.350 e. The van der Waals surface area contributed by atoms with Crippen molar-refractivity contribution in [2.24, 2.45) is 0 Å². The van der Waals surface area contributed by atoms with Crippen LogP contribution in [0, 0.1) is 17.1 Å². The van der Waals surface area contributed by atoms with Crippen LogP contribution in [0.15, 0.2) is 36.5 Å². The van der Waals surface area contributed by atoms with E-state index in [2.05, 4.69) is 4.98 Å². The molecule has 1 fully saturated rings. The number of piperazine rings is 1. The highest BCUT2D eigenvalue weighted by molar-refractivity contribution is 5.96. The largest absolute Gasteiger partial charge is 0.350 e. The highest BCUT2D eigenvalue weighted by Crippen LogP contribution is 2.21. The Morgan fingerprint density at radius 3 is 2.77 bits per heavy atom. The molecule has 26 heavy (non-hydrogen) atoms. The summed E-state index contributed by atoms with van der Waals surface area (Å²) >= 11 is 0. The van der Waals surface area contributed by atoms with Crippen LogP contribution in [0.25, 0.3) is 0 Å². The molecule has 2 aromatic rings. The van der Waals surface area contributed by atoms with Gasteiger partial charge in [-0.1, -0.05) is 0 Å². The molecule has 1 aromatic heterocycles. The smallest absolute Gasteiger partial charge is 0.256 e. The van der Waals surface area contributed by atoms with Crippen LogP contribution in [0.1, 0.15) is 33.2 Å². The summed E-state index contributed by atoms with van der Waals surface area (Å²) < 4.78 is 14.0. The number of amides is 1. The minimum absolute atomic E-state index is 0.0227. The summed E-state index contributed by atoms with van der Waals surface area (Å²) in [5, 5.41) is 8.85. The molecule has 6 nitrogen and oxygen atoms in total. The van der Waals surface area contributed by atoms with Crippen LogP contribution in [-0.4, -0.2) is 47.8 Å². The molecule has 0 spiro atoms. The summed E-state index contributed by atoms with van der Waals surface area (Å²) in [5.74, 6) is -0.326. The monoisotopic (exact) mass is 352 g/mol. The van der Waals surface area contributed by atoms with E-state index < -0.39 is 11.7 Å². The van der Waals surface area contributed by atoms with E-state index in [1.807, 2.05) is 17.9 Å². The molecule has 132 valence electrons. The van der Waals surface area contributed by atoms with E-state index in [0.29, 0.717) is 31.5 Å². The number of carbonyl (C=O) groups excluding carboxylic acids is 2. The number of anilines is 1. The van der Waals surface area contributed by atoms with E-state index in [1.54, 1.807) is 17.0 Å². The summed E-state index contributed by atoms with van der Waals surface area (Å²) in [4.78, 5) is 31.5. The Balaban J connectivity index is 1.74. The second-order valence-electron chi connectivity index (χ2n) is 6.17. The predicted molar refractivity (Wildman–Crippen MR) is 93.5 cm³/mol. The number of rotatable bonds is 3. The quantitative estimate of drug-likeness (QED) is 0.792. The number of hydrogen-bond acceptors (Lipinski definition) is 5. The second-order valence-corrected chi connectivity index (χ2v) is 6.17. The van der Waals surface area contributed by atoms with Gasteiger partial charge in [0.25, 0.3) is 5.91 Å². The molecule has 0 N–H and O–H groups in total.